The maximum absolute atomic E-state index is 13.3. The number of anilines is 3. The molecule has 2 amide bonds. The number of hydrogen-bond acceptors (Lipinski definition) is 4. The summed E-state index contributed by atoms with van der Waals surface area (Å²) in [6.45, 7) is 3.14. The fourth-order valence-electron chi connectivity index (χ4n) is 3.81. The molecule has 1 aromatic heterocycles. The lowest BCUT2D eigenvalue weighted by molar-refractivity contribution is -0.116. The summed E-state index contributed by atoms with van der Waals surface area (Å²) in [7, 11) is 0. The summed E-state index contributed by atoms with van der Waals surface area (Å²) in [6, 6.07) is 19.3. The third-order valence-electron chi connectivity index (χ3n) is 5.32. The first-order valence-corrected chi connectivity index (χ1v) is 10.6. The monoisotopic (exact) mass is 414 g/mol. The highest BCUT2D eigenvalue weighted by molar-refractivity contribution is 6.10. The van der Waals surface area contributed by atoms with Crippen LogP contribution in [0.1, 0.15) is 41.3 Å². The van der Waals surface area contributed by atoms with Crippen molar-refractivity contribution in [1.82, 2.24) is 4.98 Å². The lowest BCUT2D eigenvalue weighted by atomic mass is 10.1. The molecule has 6 nitrogen and oxygen atoms in total. The second-order valence-corrected chi connectivity index (χ2v) is 7.59. The van der Waals surface area contributed by atoms with Crippen molar-refractivity contribution in [1.29, 1.82) is 0 Å². The Kier molecular flexibility index (Phi) is 6.26. The van der Waals surface area contributed by atoms with Gasteiger partial charge in [-0.3, -0.25) is 9.59 Å². The number of nitrogens with zero attached hydrogens (tertiary/aromatic N) is 2. The molecular weight excluding hydrogens is 388 g/mol. The van der Waals surface area contributed by atoms with Gasteiger partial charge in [0.05, 0.1) is 5.56 Å². The summed E-state index contributed by atoms with van der Waals surface area (Å²) in [5.41, 5.74) is 4.47. The fourth-order valence-corrected chi connectivity index (χ4v) is 3.81. The Bertz CT molecular complexity index is 1100. The minimum absolute atomic E-state index is 0.0103. The lowest BCUT2D eigenvalue weighted by Crippen LogP contribution is -2.29. The van der Waals surface area contributed by atoms with Crippen molar-refractivity contribution in [3.8, 4) is 0 Å². The van der Waals surface area contributed by atoms with E-state index in [4.69, 9.17) is 0 Å². The van der Waals surface area contributed by atoms with E-state index in [2.05, 4.69) is 21.7 Å². The van der Waals surface area contributed by atoms with Crippen molar-refractivity contribution < 1.29 is 9.59 Å². The van der Waals surface area contributed by atoms with E-state index in [0.717, 1.165) is 29.8 Å². The lowest BCUT2D eigenvalue weighted by Gasteiger charge is -2.19. The smallest absolute Gasteiger partial charge is 0.262 e. The van der Waals surface area contributed by atoms with Crippen molar-refractivity contribution in [2.45, 2.75) is 32.7 Å². The van der Waals surface area contributed by atoms with Crippen LogP contribution in [0.15, 0.2) is 66.9 Å². The zero-order chi connectivity index (χ0) is 21.6. The molecule has 0 atom stereocenters. The Morgan fingerprint density at radius 2 is 1.94 bits per heavy atom. The molecule has 0 radical (unpaired) electrons. The highest BCUT2D eigenvalue weighted by Crippen LogP contribution is 2.30. The summed E-state index contributed by atoms with van der Waals surface area (Å²) in [5.74, 6) is 0.509. The number of nitrogens with one attached hydrogen (secondary N) is 2. The van der Waals surface area contributed by atoms with Crippen molar-refractivity contribution >= 4 is 29.0 Å². The van der Waals surface area contributed by atoms with Gasteiger partial charge < -0.3 is 15.5 Å². The second kappa shape index (κ2) is 9.43. The molecule has 31 heavy (non-hydrogen) atoms. The van der Waals surface area contributed by atoms with Gasteiger partial charge in [0.2, 0.25) is 5.91 Å². The maximum Gasteiger partial charge on any atom is 0.262 e. The van der Waals surface area contributed by atoms with Gasteiger partial charge >= 0.3 is 0 Å². The molecule has 0 bridgehead atoms. The van der Waals surface area contributed by atoms with E-state index in [1.54, 1.807) is 18.3 Å². The number of carbonyl (C=O) groups excluding carboxylic acids is 2. The van der Waals surface area contributed by atoms with E-state index in [9.17, 15) is 9.59 Å². The number of benzene rings is 2. The van der Waals surface area contributed by atoms with Gasteiger partial charge in [-0.1, -0.05) is 37.3 Å². The highest BCUT2D eigenvalue weighted by atomic mass is 16.2. The van der Waals surface area contributed by atoms with Crippen molar-refractivity contribution in [2.75, 3.05) is 22.1 Å². The minimum atomic E-state index is -0.0545. The minimum Gasteiger partial charge on any atom is -0.365 e. The van der Waals surface area contributed by atoms with E-state index in [-0.39, 0.29) is 11.8 Å². The Hall–Kier alpha value is -3.67. The van der Waals surface area contributed by atoms with Crippen LogP contribution in [-0.2, 0) is 17.8 Å². The molecule has 3 aromatic rings. The average Bonchev–Trinajstić information content (AvgIpc) is 3.22. The van der Waals surface area contributed by atoms with Crippen molar-refractivity contribution in [3.63, 3.8) is 0 Å². The molecule has 0 aliphatic carbocycles. The number of para-hydroxylation sites is 1. The van der Waals surface area contributed by atoms with Gasteiger partial charge in [-0.05, 0) is 54.3 Å². The number of fused-ring (bicyclic) bond motifs is 1. The van der Waals surface area contributed by atoms with Crippen LogP contribution in [0.2, 0.25) is 0 Å². The van der Waals surface area contributed by atoms with E-state index >= 15 is 0 Å². The van der Waals surface area contributed by atoms with Crippen LogP contribution in [-0.4, -0.2) is 23.3 Å². The number of aromatic nitrogens is 1. The van der Waals surface area contributed by atoms with Gasteiger partial charge in [0.15, 0.2) is 0 Å². The quantitative estimate of drug-likeness (QED) is 0.591. The van der Waals surface area contributed by atoms with Crippen LogP contribution in [0.4, 0.5) is 17.2 Å². The molecule has 2 N–H and O–H groups in total. The Morgan fingerprint density at radius 1 is 1.06 bits per heavy atom. The van der Waals surface area contributed by atoms with Crippen LogP contribution in [0, 0.1) is 0 Å². The highest BCUT2D eigenvalue weighted by Gasteiger charge is 2.26. The SMILES string of the molecule is CCCC(=O)Nc1cccc(CNc2ncccc2C(=O)N2CCc3ccccc32)c1. The third-order valence-corrected chi connectivity index (χ3v) is 5.32. The second-order valence-electron chi connectivity index (χ2n) is 7.59. The molecule has 0 saturated carbocycles. The molecule has 4 rings (SSSR count). The topological polar surface area (TPSA) is 74.3 Å². The van der Waals surface area contributed by atoms with Crippen LogP contribution >= 0.6 is 0 Å². The van der Waals surface area contributed by atoms with Gasteiger partial charge in [-0.25, -0.2) is 4.98 Å². The van der Waals surface area contributed by atoms with E-state index in [0.29, 0.717) is 30.9 Å². The Balaban J connectivity index is 1.48. The molecule has 0 unspecified atom stereocenters. The average molecular weight is 415 g/mol. The summed E-state index contributed by atoms with van der Waals surface area (Å²) in [5, 5.41) is 6.21. The molecule has 2 heterocycles. The molecule has 1 aliphatic heterocycles. The van der Waals surface area contributed by atoms with E-state index < -0.39 is 0 Å². The van der Waals surface area contributed by atoms with Crippen LogP contribution in [0.3, 0.4) is 0 Å². The van der Waals surface area contributed by atoms with Gasteiger partial charge in [-0.2, -0.15) is 0 Å². The number of amides is 2. The standard InChI is InChI=1S/C25H26N4O2/c1-2-7-23(30)28-20-10-5-8-18(16-20)17-27-24-21(11-6-14-26-24)25(31)29-15-13-19-9-3-4-12-22(19)29/h3-6,8-12,14,16H,2,7,13,15,17H2,1H3,(H,26,27)(H,28,30). The van der Waals surface area contributed by atoms with Gasteiger partial charge in [0.25, 0.3) is 5.91 Å². The van der Waals surface area contributed by atoms with Crippen LogP contribution in [0.5, 0.6) is 0 Å². The zero-order valence-corrected chi connectivity index (χ0v) is 17.6. The Labute approximate surface area is 182 Å². The molecule has 6 heteroatoms. The van der Waals surface area contributed by atoms with Crippen molar-refractivity contribution in [2.24, 2.45) is 0 Å². The molecule has 2 aromatic carbocycles. The van der Waals surface area contributed by atoms with Gasteiger partial charge in [0.1, 0.15) is 5.82 Å². The molecule has 0 fully saturated rings. The molecule has 0 saturated heterocycles. The Morgan fingerprint density at radius 3 is 2.81 bits per heavy atom. The number of hydrogen-bond donors (Lipinski definition) is 2. The normalized spacial score (nSPS) is 12.4. The van der Waals surface area contributed by atoms with Crippen molar-refractivity contribution in [3.05, 3.63) is 83.6 Å². The zero-order valence-electron chi connectivity index (χ0n) is 17.6. The largest absolute Gasteiger partial charge is 0.365 e. The van der Waals surface area contributed by atoms with Crippen LogP contribution < -0.4 is 15.5 Å². The first kappa shape index (κ1) is 20.6. The molecular formula is C25H26N4O2. The first-order chi connectivity index (χ1) is 15.2. The predicted octanol–water partition coefficient (Wildman–Crippen LogP) is 4.64. The summed E-state index contributed by atoms with van der Waals surface area (Å²) in [4.78, 5) is 31.4. The van der Waals surface area contributed by atoms with Gasteiger partial charge in [0, 0.05) is 37.1 Å². The molecule has 158 valence electrons. The first-order valence-electron chi connectivity index (χ1n) is 10.6. The van der Waals surface area contributed by atoms with Gasteiger partial charge in [-0.15, -0.1) is 0 Å². The maximum atomic E-state index is 13.3. The fraction of sp³-hybridized carbons (Fsp3) is 0.240. The van der Waals surface area contributed by atoms with Crippen LogP contribution in [0.25, 0.3) is 0 Å². The number of rotatable bonds is 7. The third kappa shape index (κ3) is 4.74. The number of pyridine rings is 1. The van der Waals surface area contributed by atoms with E-state index in [1.807, 2.05) is 54.3 Å². The molecule has 0 spiro atoms. The summed E-state index contributed by atoms with van der Waals surface area (Å²) >= 11 is 0. The van der Waals surface area contributed by atoms with E-state index in [1.165, 1.54) is 5.56 Å². The number of carbonyl (C=O) groups is 2. The molecule has 1 aliphatic rings. The predicted molar refractivity (Wildman–Crippen MR) is 123 cm³/mol. The summed E-state index contributed by atoms with van der Waals surface area (Å²) < 4.78 is 0. The summed E-state index contributed by atoms with van der Waals surface area (Å²) in [6.07, 6.45) is 3.85.